The largest absolute Gasteiger partial charge is 0.389 e. The molecule has 0 radical (unpaired) electrons. The van der Waals surface area contributed by atoms with E-state index in [0.717, 1.165) is 26.2 Å². The number of nitrogens with zero attached hydrogens (tertiary/aromatic N) is 1. The van der Waals surface area contributed by atoms with E-state index in [0.29, 0.717) is 0 Å². The summed E-state index contributed by atoms with van der Waals surface area (Å²) in [5.41, 5.74) is 0. The predicted molar refractivity (Wildman–Crippen MR) is 141 cm³/mol. The minimum absolute atomic E-state index is 0.999. The second-order valence-corrected chi connectivity index (χ2v) is 8.68. The fraction of sp³-hybridized carbons (Fsp3) is 0.786. The van der Waals surface area contributed by atoms with Crippen LogP contribution in [0, 0.1) is 0 Å². The topological polar surface area (TPSA) is 27.3 Å². The van der Waals surface area contributed by atoms with Gasteiger partial charge in [-0.25, -0.2) is 0 Å². The van der Waals surface area contributed by atoms with Crippen molar-refractivity contribution < 1.29 is 0 Å². The summed E-state index contributed by atoms with van der Waals surface area (Å²) in [4.78, 5) is 2.45. The van der Waals surface area contributed by atoms with Crippen LogP contribution in [0.3, 0.4) is 0 Å². The van der Waals surface area contributed by atoms with E-state index in [1.807, 2.05) is 0 Å². The Balaban J connectivity index is 4.05. The molecule has 3 heteroatoms. The summed E-state index contributed by atoms with van der Waals surface area (Å²) in [6.07, 6.45) is 33.2. The van der Waals surface area contributed by atoms with Crippen LogP contribution in [0.5, 0.6) is 0 Å². The molecule has 0 rings (SSSR count). The molecule has 0 fully saturated rings. The first kappa shape index (κ1) is 29.6. The zero-order chi connectivity index (χ0) is 22.7. The highest BCUT2D eigenvalue weighted by atomic mass is 15.1. The van der Waals surface area contributed by atoms with Crippen LogP contribution in [-0.4, -0.2) is 31.1 Å². The van der Waals surface area contributed by atoms with Gasteiger partial charge in [0.1, 0.15) is 0 Å². The van der Waals surface area contributed by atoms with Crippen molar-refractivity contribution in [3.05, 3.63) is 36.8 Å². The van der Waals surface area contributed by atoms with Gasteiger partial charge in [-0.1, -0.05) is 96.8 Å². The fourth-order valence-electron chi connectivity index (χ4n) is 3.47. The molecule has 0 aromatic rings. The monoisotopic (exact) mass is 433 g/mol. The van der Waals surface area contributed by atoms with Crippen LogP contribution < -0.4 is 10.6 Å². The van der Waals surface area contributed by atoms with Gasteiger partial charge in [-0.05, 0) is 57.1 Å². The molecular formula is C28H55N3. The second kappa shape index (κ2) is 26.7. The second-order valence-electron chi connectivity index (χ2n) is 8.68. The van der Waals surface area contributed by atoms with Gasteiger partial charge in [-0.15, -0.1) is 0 Å². The van der Waals surface area contributed by atoms with Crippen molar-refractivity contribution in [2.75, 3.05) is 26.2 Å². The molecule has 0 aliphatic rings. The van der Waals surface area contributed by atoms with Gasteiger partial charge in [-0.2, -0.15) is 0 Å². The van der Waals surface area contributed by atoms with E-state index in [4.69, 9.17) is 0 Å². The van der Waals surface area contributed by atoms with E-state index in [2.05, 4.69) is 73.1 Å². The molecular weight excluding hydrogens is 378 g/mol. The van der Waals surface area contributed by atoms with E-state index in [1.165, 1.54) is 96.3 Å². The minimum atomic E-state index is 0.999. The first-order valence-electron chi connectivity index (χ1n) is 13.5. The molecule has 0 spiro atoms. The SMILES string of the molecule is CCCCCCC=CNCCN(C=CCCCCCC)CCNC=CCCCCCC. The average molecular weight is 434 g/mol. The first-order valence-corrected chi connectivity index (χ1v) is 13.5. The zero-order valence-electron chi connectivity index (χ0n) is 21.3. The molecule has 0 amide bonds. The molecule has 0 saturated carbocycles. The molecule has 0 aliphatic heterocycles. The Morgan fingerprint density at radius 3 is 1.35 bits per heavy atom. The molecule has 0 aromatic heterocycles. The maximum absolute atomic E-state index is 3.47. The standard InChI is InChI=1S/C28H55N3/c1-4-7-10-13-16-19-22-29-24-27-31(26-21-18-15-12-9-6-3)28-25-30-23-20-17-14-11-8-5-2/h19-23,26,29-30H,4-18,24-25,27-28H2,1-3H3. The van der Waals surface area contributed by atoms with Crippen LogP contribution in [0.2, 0.25) is 0 Å². The average Bonchev–Trinajstić information content (AvgIpc) is 2.78. The van der Waals surface area contributed by atoms with Crippen molar-refractivity contribution in [3.63, 3.8) is 0 Å². The maximum Gasteiger partial charge on any atom is 0.0346 e. The highest BCUT2D eigenvalue weighted by Gasteiger charge is 1.98. The summed E-state index contributed by atoms with van der Waals surface area (Å²) in [6.45, 7) is 10.9. The number of unbranched alkanes of at least 4 members (excludes halogenated alkanes) is 12. The molecule has 0 heterocycles. The normalized spacial score (nSPS) is 11.8. The summed E-state index contributed by atoms with van der Waals surface area (Å²) in [6, 6.07) is 0. The Kier molecular flexibility index (Phi) is 25.5. The van der Waals surface area contributed by atoms with E-state index >= 15 is 0 Å². The smallest absolute Gasteiger partial charge is 0.0346 e. The van der Waals surface area contributed by atoms with Gasteiger partial charge in [0, 0.05) is 26.2 Å². The van der Waals surface area contributed by atoms with Gasteiger partial charge in [0.2, 0.25) is 0 Å². The molecule has 3 nitrogen and oxygen atoms in total. The lowest BCUT2D eigenvalue weighted by atomic mass is 10.1. The first-order chi connectivity index (χ1) is 15.3. The Bertz CT molecular complexity index is 386. The molecule has 182 valence electrons. The summed E-state index contributed by atoms with van der Waals surface area (Å²) in [5, 5.41) is 6.94. The maximum atomic E-state index is 3.47. The molecule has 0 aliphatic carbocycles. The predicted octanol–water partition coefficient (Wildman–Crippen LogP) is 7.92. The van der Waals surface area contributed by atoms with Crippen molar-refractivity contribution in [1.82, 2.24) is 15.5 Å². The molecule has 0 saturated heterocycles. The summed E-state index contributed by atoms with van der Waals surface area (Å²) in [7, 11) is 0. The van der Waals surface area contributed by atoms with E-state index in [1.54, 1.807) is 0 Å². The third kappa shape index (κ3) is 24.8. The Hall–Kier alpha value is -1.38. The minimum Gasteiger partial charge on any atom is -0.389 e. The van der Waals surface area contributed by atoms with Crippen LogP contribution in [0.4, 0.5) is 0 Å². The van der Waals surface area contributed by atoms with Crippen molar-refractivity contribution in [2.24, 2.45) is 0 Å². The molecule has 2 N–H and O–H groups in total. The lowest BCUT2D eigenvalue weighted by molar-refractivity contribution is 0.378. The zero-order valence-corrected chi connectivity index (χ0v) is 21.3. The Morgan fingerprint density at radius 1 is 0.516 bits per heavy atom. The lowest BCUT2D eigenvalue weighted by Gasteiger charge is -2.20. The van der Waals surface area contributed by atoms with Crippen molar-refractivity contribution in [3.8, 4) is 0 Å². The summed E-state index contributed by atoms with van der Waals surface area (Å²) in [5.74, 6) is 0. The van der Waals surface area contributed by atoms with Crippen LogP contribution in [0.15, 0.2) is 36.8 Å². The highest BCUT2D eigenvalue weighted by Crippen LogP contribution is 2.04. The van der Waals surface area contributed by atoms with Crippen molar-refractivity contribution in [1.29, 1.82) is 0 Å². The van der Waals surface area contributed by atoms with E-state index < -0.39 is 0 Å². The fourth-order valence-corrected chi connectivity index (χ4v) is 3.47. The van der Waals surface area contributed by atoms with Gasteiger partial charge in [0.25, 0.3) is 0 Å². The van der Waals surface area contributed by atoms with Gasteiger partial charge in [-0.3, -0.25) is 0 Å². The van der Waals surface area contributed by atoms with Crippen LogP contribution in [-0.2, 0) is 0 Å². The van der Waals surface area contributed by atoms with Crippen LogP contribution in [0.1, 0.15) is 117 Å². The van der Waals surface area contributed by atoms with Gasteiger partial charge in [0.05, 0.1) is 0 Å². The van der Waals surface area contributed by atoms with E-state index in [9.17, 15) is 0 Å². The number of hydrogen-bond acceptors (Lipinski definition) is 3. The molecule has 0 aromatic carbocycles. The van der Waals surface area contributed by atoms with Crippen LogP contribution >= 0.6 is 0 Å². The van der Waals surface area contributed by atoms with Crippen molar-refractivity contribution >= 4 is 0 Å². The highest BCUT2D eigenvalue weighted by molar-refractivity contribution is 4.86. The molecule has 31 heavy (non-hydrogen) atoms. The Labute approximate surface area is 195 Å². The summed E-state index contributed by atoms with van der Waals surface area (Å²) >= 11 is 0. The van der Waals surface area contributed by atoms with E-state index in [-0.39, 0.29) is 0 Å². The third-order valence-corrected chi connectivity index (χ3v) is 5.55. The van der Waals surface area contributed by atoms with Gasteiger partial charge >= 0.3 is 0 Å². The third-order valence-electron chi connectivity index (χ3n) is 5.55. The summed E-state index contributed by atoms with van der Waals surface area (Å²) < 4.78 is 0. The number of hydrogen-bond donors (Lipinski definition) is 2. The molecule has 0 unspecified atom stereocenters. The van der Waals surface area contributed by atoms with Crippen molar-refractivity contribution in [2.45, 2.75) is 117 Å². The number of allylic oxidation sites excluding steroid dienone is 3. The van der Waals surface area contributed by atoms with Gasteiger partial charge < -0.3 is 15.5 Å². The quantitative estimate of drug-likeness (QED) is 0.151. The molecule has 0 atom stereocenters. The van der Waals surface area contributed by atoms with Crippen LogP contribution in [0.25, 0.3) is 0 Å². The number of rotatable bonds is 24. The lowest BCUT2D eigenvalue weighted by Crippen LogP contribution is -2.31. The Morgan fingerprint density at radius 2 is 0.935 bits per heavy atom. The molecule has 0 bridgehead atoms. The number of nitrogens with one attached hydrogen (secondary N) is 2. The van der Waals surface area contributed by atoms with Gasteiger partial charge in [0.15, 0.2) is 0 Å².